The van der Waals surface area contributed by atoms with Gasteiger partial charge < -0.3 is 14.6 Å². The first-order valence-corrected chi connectivity index (χ1v) is 9.02. The molecule has 1 aromatic carbocycles. The maximum absolute atomic E-state index is 10.2. The van der Waals surface area contributed by atoms with Gasteiger partial charge in [-0.05, 0) is 37.6 Å². The predicted molar refractivity (Wildman–Crippen MR) is 108 cm³/mol. The summed E-state index contributed by atoms with van der Waals surface area (Å²) in [6.07, 6.45) is 5.06. The van der Waals surface area contributed by atoms with E-state index in [1.807, 2.05) is 34.9 Å². The van der Waals surface area contributed by atoms with Crippen molar-refractivity contribution in [2.45, 2.75) is 19.4 Å². The van der Waals surface area contributed by atoms with E-state index in [4.69, 9.17) is 9.47 Å². The molecule has 0 amide bonds. The molecule has 0 unspecified atom stereocenters. The Morgan fingerprint density at radius 1 is 1.00 bits per heavy atom. The van der Waals surface area contributed by atoms with Gasteiger partial charge in [-0.25, -0.2) is 15.0 Å². The number of aromatic nitrogens is 5. The van der Waals surface area contributed by atoms with Gasteiger partial charge in [0.25, 0.3) is 0 Å². The Bertz CT molecular complexity index is 1180. The number of aliphatic hydroxyl groups is 1. The van der Waals surface area contributed by atoms with Crippen LogP contribution in [-0.2, 0) is 5.60 Å². The van der Waals surface area contributed by atoms with E-state index in [0.29, 0.717) is 22.6 Å². The Hall–Kier alpha value is -3.52. The lowest BCUT2D eigenvalue weighted by Gasteiger charge is -2.16. The molecule has 0 atom stereocenters. The van der Waals surface area contributed by atoms with Crippen LogP contribution in [0.1, 0.15) is 19.4 Å². The summed E-state index contributed by atoms with van der Waals surface area (Å²) < 4.78 is 12.4. The van der Waals surface area contributed by atoms with Crippen LogP contribution in [0, 0.1) is 0 Å². The Balaban J connectivity index is 1.79. The molecule has 0 aliphatic heterocycles. The Morgan fingerprint density at radius 3 is 2.55 bits per heavy atom. The van der Waals surface area contributed by atoms with E-state index in [0.717, 1.165) is 16.8 Å². The van der Waals surface area contributed by atoms with Gasteiger partial charge in [-0.15, -0.1) is 0 Å². The predicted octanol–water partition coefficient (Wildman–Crippen LogP) is 3.12. The highest BCUT2D eigenvalue weighted by Crippen LogP contribution is 2.31. The van der Waals surface area contributed by atoms with Gasteiger partial charge in [0.2, 0.25) is 5.88 Å². The molecule has 29 heavy (non-hydrogen) atoms. The summed E-state index contributed by atoms with van der Waals surface area (Å²) in [5.74, 6) is 0.428. The molecule has 0 bridgehead atoms. The average Bonchev–Trinajstić information content (AvgIpc) is 3.16. The summed E-state index contributed by atoms with van der Waals surface area (Å²) in [4.78, 5) is 17.4. The Morgan fingerprint density at radius 2 is 1.83 bits per heavy atom. The van der Waals surface area contributed by atoms with Crippen LogP contribution in [0.3, 0.4) is 0 Å². The third kappa shape index (κ3) is 3.50. The van der Waals surface area contributed by atoms with Gasteiger partial charge in [-0.3, -0.25) is 4.57 Å². The SMILES string of the molecule is COc1ncc(-c2cccc(-n3cnc4cc(C(C)(C)O)cnc43)c2)c(OC)n1. The van der Waals surface area contributed by atoms with Crippen LogP contribution < -0.4 is 9.47 Å². The first kappa shape index (κ1) is 18.8. The van der Waals surface area contributed by atoms with E-state index in [2.05, 4.69) is 19.9 Å². The van der Waals surface area contributed by atoms with E-state index in [-0.39, 0.29) is 6.01 Å². The summed E-state index contributed by atoms with van der Waals surface area (Å²) in [6.45, 7) is 3.45. The highest BCUT2D eigenvalue weighted by atomic mass is 16.5. The number of benzene rings is 1. The molecule has 0 aliphatic rings. The third-order valence-electron chi connectivity index (χ3n) is 4.64. The van der Waals surface area contributed by atoms with Crippen LogP contribution in [0.25, 0.3) is 28.0 Å². The number of methoxy groups -OCH3 is 2. The van der Waals surface area contributed by atoms with Crippen LogP contribution in [0.15, 0.2) is 49.1 Å². The summed E-state index contributed by atoms with van der Waals surface area (Å²) in [6, 6.07) is 9.94. The summed E-state index contributed by atoms with van der Waals surface area (Å²) in [7, 11) is 3.07. The van der Waals surface area contributed by atoms with Gasteiger partial charge in [0.15, 0.2) is 5.65 Å². The maximum Gasteiger partial charge on any atom is 0.319 e. The normalized spacial score (nSPS) is 11.6. The minimum atomic E-state index is -0.976. The van der Waals surface area contributed by atoms with Gasteiger partial charge in [0.1, 0.15) is 11.8 Å². The third-order valence-corrected chi connectivity index (χ3v) is 4.64. The molecular weight excluding hydrogens is 370 g/mol. The molecule has 4 aromatic rings. The number of fused-ring (bicyclic) bond motifs is 1. The fourth-order valence-electron chi connectivity index (χ4n) is 3.05. The number of hydrogen-bond donors (Lipinski definition) is 1. The minimum absolute atomic E-state index is 0.245. The monoisotopic (exact) mass is 391 g/mol. The van der Waals surface area contributed by atoms with E-state index in [9.17, 15) is 5.11 Å². The van der Waals surface area contributed by atoms with E-state index >= 15 is 0 Å². The Kier molecular flexibility index (Phi) is 4.63. The lowest BCUT2D eigenvalue weighted by Crippen LogP contribution is -2.15. The second-order valence-electron chi connectivity index (χ2n) is 7.07. The van der Waals surface area contributed by atoms with Gasteiger partial charge in [0, 0.05) is 23.6 Å². The molecule has 0 radical (unpaired) electrons. The largest absolute Gasteiger partial charge is 0.480 e. The van der Waals surface area contributed by atoms with Crippen LogP contribution >= 0.6 is 0 Å². The van der Waals surface area contributed by atoms with Crippen molar-refractivity contribution in [3.05, 3.63) is 54.6 Å². The Labute approximate surface area is 167 Å². The molecule has 8 nitrogen and oxygen atoms in total. The van der Waals surface area contributed by atoms with Crippen molar-refractivity contribution < 1.29 is 14.6 Å². The molecule has 148 valence electrons. The average molecular weight is 391 g/mol. The van der Waals surface area contributed by atoms with Crippen molar-refractivity contribution in [2.75, 3.05) is 14.2 Å². The zero-order chi connectivity index (χ0) is 20.6. The van der Waals surface area contributed by atoms with E-state index < -0.39 is 5.60 Å². The van der Waals surface area contributed by atoms with Gasteiger partial charge in [-0.2, -0.15) is 4.98 Å². The van der Waals surface area contributed by atoms with Gasteiger partial charge in [0.05, 0.1) is 25.4 Å². The number of pyridine rings is 1. The smallest absolute Gasteiger partial charge is 0.319 e. The first-order valence-electron chi connectivity index (χ1n) is 9.02. The molecule has 0 saturated carbocycles. The van der Waals surface area contributed by atoms with Crippen LogP contribution in [0.2, 0.25) is 0 Å². The number of rotatable bonds is 5. The van der Waals surface area contributed by atoms with Crippen LogP contribution in [0.5, 0.6) is 11.9 Å². The molecule has 1 N–H and O–H groups in total. The molecule has 8 heteroatoms. The summed E-state index contributed by atoms with van der Waals surface area (Å²) in [5, 5.41) is 10.2. The molecule has 0 saturated heterocycles. The van der Waals surface area contributed by atoms with E-state index in [1.165, 1.54) is 7.11 Å². The first-order chi connectivity index (χ1) is 13.9. The fraction of sp³-hybridized carbons (Fsp3) is 0.238. The molecule has 3 aromatic heterocycles. The molecule has 0 spiro atoms. The molecular formula is C21H21N5O3. The van der Waals surface area contributed by atoms with E-state index in [1.54, 1.807) is 39.7 Å². The van der Waals surface area contributed by atoms with Crippen molar-refractivity contribution in [1.29, 1.82) is 0 Å². The summed E-state index contributed by atoms with van der Waals surface area (Å²) >= 11 is 0. The van der Waals surface area contributed by atoms with Crippen LogP contribution in [0.4, 0.5) is 0 Å². The van der Waals surface area contributed by atoms with Gasteiger partial charge >= 0.3 is 6.01 Å². The number of hydrogen-bond acceptors (Lipinski definition) is 7. The second kappa shape index (κ2) is 7.14. The lowest BCUT2D eigenvalue weighted by molar-refractivity contribution is 0.0784. The maximum atomic E-state index is 10.2. The minimum Gasteiger partial charge on any atom is -0.480 e. The quantitative estimate of drug-likeness (QED) is 0.558. The lowest BCUT2D eigenvalue weighted by atomic mass is 10.0. The molecule has 0 aliphatic carbocycles. The number of imidazole rings is 1. The summed E-state index contributed by atoms with van der Waals surface area (Å²) in [5.41, 5.74) is 3.66. The van der Waals surface area contributed by atoms with Crippen molar-refractivity contribution in [3.63, 3.8) is 0 Å². The highest BCUT2D eigenvalue weighted by molar-refractivity contribution is 5.75. The molecule has 4 rings (SSSR count). The number of nitrogens with zero attached hydrogens (tertiary/aromatic N) is 5. The zero-order valence-corrected chi connectivity index (χ0v) is 16.6. The molecule has 0 fully saturated rings. The van der Waals surface area contributed by atoms with Crippen molar-refractivity contribution in [3.8, 4) is 28.7 Å². The van der Waals surface area contributed by atoms with Crippen LogP contribution in [-0.4, -0.2) is 43.8 Å². The van der Waals surface area contributed by atoms with Crippen molar-refractivity contribution >= 4 is 11.2 Å². The van der Waals surface area contributed by atoms with Gasteiger partial charge in [-0.1, -0.05) is 12.1 Å². The zero-order valence-electron chi connectivity index (χ0n) is 16.6. The number of ether oxygens (including phenoxy) is 2. The standard InChI is InChI=1S/C21H21N5O3/c1-21(2,27)14-9-17-18(22-10-14)26(12-24-17)15-7-5-6-13(8-15)16-11-23-20(29-4)25-19(16)28-3/h5-12,27H,1-4H3. The van der Waals surface area contributed by atoms with Crippen molar-refractivity contribution in [2.24, 2.45) is 0 Å². The van der Waals surface area contributed by atoms with Crippen molar-refractivity contribution in [1.82, 2.24) is 24.5 Å². The fourth-order valence-corrected chi connectivity index (χ4v) is 3.05. The topological polar surface area (TPSA) is 95.2 Å². The highest BCUT2D eigenvalue weighted by Gasteiger charge is 2.18. The second-order valence-corrected chi connectivity index (χ2v) is 7.07. The molecule has 3 heterocycles.